The molecule has 5 heteroatoms. The van der Waals surface area contributed by atoms with Crippen molar-refractivity contribution in [2.24, 2.45) is 5.92 Å². The van der Waals surface area contributed by atoms with E-state index in [0.29, 0.717) is 6.54 Å². The second kappa shape index (κ2) is 6.54. The summed E-state index contributed by atoms with van der Waals surface area (Å²) in [6.07, 6.45) is 0.244. The molecule has 2 amide bonds. The molecule has 23 heavy (non-hydrogen) atoms. The summed E-state index contributed by atoms with van der Waals surface area (Å²) in [4.78, 5) is 26.3. The van der Waals surface area contributed by atoms with Gasteiger partial charge in [-0.15, -0.1) is 0 Å². The van der Waals surface area contributed by atoms with Crippen molar-refractivity contribution in [1.82, 2.24) is 0 Å². The second-order valence-electron chi connectivity index (χ2n) is 5.74. The average molecular weight is 373 g/mol. The van der Waals surface area contributed by atoms with Crippen molar-refractivity contribution in [3.63, 3.8) is 0 Å². The Balaban J connectivity index is 1.69. The van der Waals surface area contributed by atoms with Crippen LogP contribution in [-0.2, 0) is 9.59 Å². The smallest absolute Gasteiger partial charge is 0.229 e. The predicted molar refractivity (Wildman–Crippen MR) is 94.4 cm³/mol. The molecule has 2 aromatic rings. The molecule has 2 aromatic carbocycles. The van der Waals surface area contributed by atoms with Gasteiger partial charge in [0.25, 0.3) is 0 Å². The first-order valence-corrected chi connectivity index (χ1v) is 8.26. The third-order valence-electron chi connectivity index (χ3n) is 3.92. The number of nitrogens with zero attached hydrogens (tertiary/aromatic N) is 1. The van der Waals surface area contributed by atoms with Crippen LogP contribution in [0.4, 0.5) is 11.4 Å². The highest BCUT2D eigenvalue weighted by Crippen LogP contribution is 2.27. The molecule has 1 fully saturated rings. The molecule has 1 saturated heterocycles. The minimum Gasteiger partial charge on any atom is -0.326 e. The Bertz CT molecular complexity index is 743. The topological polar surface area (TPSA) is 49.4 Å². The highest BCUT2D eigenvalue weighted by molar-refractivity contribution is 9.10. The summed E-state index contributed by atoms with van der Waals surface area (Å²) in [5.41, 5.74) is 2.68. The van der Waals surface area contributed by atoms with Crippen molar-refractivity contribution < 1.29 is 9.59 Å². The van der Waals surface area contributed by atoms with E-state index in [1.807, 2.05) is 55.5 Å². The number of carbonyl (C=O) groups is 2. The standard InChI is InChI=1S/C18H17BrN2O2/c1-12-3-2-4-15(9-12)20-18(23)13-10-17(22)21(11-13)16-7-5-14(19)6-8-16/h2-9,13H,10-11H2,1H3,(H,20,23). The number of rotatable bonds is 3. The quantitative estimate of drug-likeness (QED) is 0.891. The maximum Gasteiger partial charge on any atom is 0.229 e. The average Bonchev–Trinajstić information content (AvgIpc) is 2.90. The van der Waals surface area contributed by atoms with Gasteiger partial charge in [-0.05, 0) is 48.9 Å². The first-order valence-electron chi connectivity index (χ1n) is 7.46. The van der Waals surface area contributed by atoms with Crippen molar-refractivity contribution in [1.29, 1.82) is 0 Å². The van der Waals surface area contributed by atoms with Gasteiger partial charge in [0.15, 0.2) is 0 Å². The van der Waals surface area contributed by atoms with Gasteiger partial charge in [0.2, 0.25) is 11.8 Å². The van der Waals surface area contributed by atoms with Crippen LogP contribution in [-0.4, -0.2) is 18.4 Å². The van der Waals surface area contributed by atoms with Gasteiger partial charge in [-0.25, -0.2) is 0 Å². The van der Waals surface area contributed by atoms with Gasteiger partial charge < -0.3 is 10.2 Å². The van der Waals surface area contributed by atoms with Gasteiger partial charge in [-0.2, -0.15) is 0 Å². The molecule has 1 atom stereocenters. The third kappa shape index (κ3) is 3.62. The zero-order valence-electron chi connectivity index (χ0n) is 12.8. The van der Waals surface area contributed by atoms with Crippen LogP contribution in [0, 0.1) is 12.8 Å². The van der Waals surface area contributed by atoms with E-state index < -0.39 is 0 Å². The molecule has 118 valence electrons. The number of halogens is 1. The molecule has 0 aliphatic carbocycles. The normalized spacial score (nSPS) is 17.4. The number of hydrogen-bond donors (Lipinski definition) is 1. The Labute approximate surface area is 143 Å². The highest BCUT2D eigenvalue weighted by Gasteiger charge is 2.35. The lowest BCUT2D eigenvalue weighted by Crippen LogP contribution is -2.28. The van der Waals surface area contributed by atoms with E-state index >= 15 is 0 Å². The summed E-state index contributed by atoms with van der Waals surface area (Å²) in [5.74, 6) is -0.452. The van der Waals surface area contributed by atoms with Crippen molar-refractivity contribution in [2.75, 3.05) is 16.8 Å². The van der Waals surface area contributed by atoms with Gasteiger partial charge in [0.05, 0.1) is 5.92 Å². The van der Waals surface area contributed by atoms with Crippen molar-refractivity contribution in [3.05, 3.63) is 58.6 Å². The maximum absolute atomic E-state index is 12.4. The van der Waals surface area contributed by atoms with Gasteiger partial charge in [-0.1, -0.05) is 28.1 Å². The van der Waals surface area contributed by atoms with Gasteiger partial charge >= 0.3 is 0 Å². The number of benzene rings is 2. The molecule has 3 rings (SSSR count). The maximum atomic E-state index is 12.4. The molecule has 1 heterocycles. The molecule has 4 nitrogen and oxygen atoms in total. The first-order chi connectivity index (χ1) is 11.0. The fraction of sp³-hybridized carbons (Fsp3) is 0.222. The van der Waals surface area contributed by atoms with Crippen LogP contribution in [0.3, 0.4) is 0 Å². The van der Waals surface area contributed by atoms with Crippen LogP contribution in [0.5, 0.6) is 0 Å². The van der Waals surface area contributed by atoms with Crippen molar-refractivity contribution in [3.8, 4) is 0 Å². The van der Waals surface area contributed by atoms with Gasteiger partial charge in [0.1, 0.15) is 0 Å². The minimum atomic E-state index is -0.327. The summed E-state index contributed by atoms with van der Waals surface area (Å²) in [6, 6.07) is 15.2. The van der Waals surface area contributed by atoms with Crippen LogP contribution in [0.25, 0.3) is 0 Å². The number of hydrogen-bond acceptors (Lipinski definition) is 2. The first kappa shape index (κ1) is 15.7. The molecule has 0 spiro atoms. The summed E-state index contributed by atoms with van der Waals surface area (Å²) in [6.45, 7) is 2.39. The lowest BCUT2D eigenvalue weighted by atomic mass is 10.1. The molecular weight excluding hydrogens is 356 g/mol. The SMILES string of the molecule is Cc1cccc(NC(=O)C2CC(=O)N(c3ccc(Br)cc3)C2)c1. The number of aryl methyl sites for hydroxylation is 1. The second-order valence-corrected chi connectivity index (χ2v) is 6.66. The van der Waals surface area contributed by atoms with Crippen molar-refractivity contribution >= 4 is 39.1 Å². The monoisotopic (exact) mass is 372 g/mol. The van der Waals surface area contributed by atoms with Crippen molar-refractivity contribution in [2.45, 2.75) is 13.3 Å². The van der Waals surface area contributed by atoms with Crippen LogP contribution in [0.15, 0.2) is 53.0 Å². The number of carbonyl (C=O) groups excluding carboxylic acids is 2. The number of nitrogens with one attached hydrogen (secondary N) is 1. The molecule has 1 aliphatic rings. The van der Waals surface area contributed by atoms with Gasteiger partial charge in [0, 0.05) is 28.8 Å². The number of anilines is 2. The van der Waals surface area contributed by atoms with E-state index in [-0.39, 0.29) is 24.2 Å². The highest BCUT2D eigenvalue weighted by atomic mass is 79.9. The summed E-state index contributed by atoms with van der Waals surface area (Å²) in [5, 5.41) is 2.90. The molecule has 0 radical (unpaired) electrons. The minimum absolute atomic E-state index is 0.0169. The fourth-order valence-corrected chi connectivity index (χ4v) is 2.99. The summed E-state index contributed by atoms with van der Waals surface area (Å²) < 4.78 is 0.960. The predicted octanol–water partition coefficient (Wildman–Crippen LogP) is 3.75. The Morgan fingerprint density at radius 1 is 1.22 bits per heavy atom. The third-order valence-corrected chi connectivity index (χ3v) is 4.45. The van der Waals surface area contributed by atoms with Crippen LogP contribution in [0.2, 0.25) is 0 Å². The molecular formula is C18H17BrN2O2. The molecule has 0 saturated carbocycles. The number of amides is 2. The van der Waals surface area contributed by atoms with E-state index in [1.165, 1.54) is 0 Å². The van der Waals surface area contributed by atoms with E-state index in [9.17, 15) is 9.59 Å². The Morgan fingerprint density at radius 2 is 1.96 bits per heavy atom. The zero-order valence-corrected chi connectivity index (χ0v) is 14.3. The lowest BCUT2D eigenvalue weighted by molar-refractivity contribution is -0.122. The van der Waals surface area contributed by atoms with Crippen LogP contribution in [0.1, 0.15) is 12.0 Å². The Hall–Kier alpha value is -2.14. The largest absolute Gasteiger partial charge is 0.326 e. The van der Waals surface area contributed by atoms with Crippen LogP contribution >= 0.6 is 15.9 Å². The molecule has 0 aromatic heterocycles. The Morgan fingerprint density at radius 3 is 2.65 bits per heavy atom. The van der Waals surface area contributed by atoms with Crippen LogP contribution < -0.4 is 10.2 Å². The summed E-state index contributed by atoms with van der Waals surface area (Å²) in [7, 11) is 0. The van der Waals surface area contributed by atoms with E-state index in [0.717, 1.165) is 21.4 Å². The van der Waals surface area contributed by atoms with E-state index in [4.69, 9.17) is 0 Å². The summed E-state index contributed by atoms with van der Waals surface area (Å²) >= 11 is 3.38. The zero-order chi connectivity index (χ0) is 16.4. The molecule has 1 unspecified atom stereocenters. The lowest BCUT2D eigenvalue weighted by Gasteiger charge is -2.17. The molecule has 1 N–H and O–H groups in total. The molecule has 0 bridgehead atoms. The van der Waals surface area contributed by atoms with E-state index in [2.05, 4.69) is 21.2 Å². The Kier molecular flexibility index (Phi) is 4.48. The molecule has 1 aliphatic heterocycles. The van der Waals surface area contributed by atoms with E-state index in [1.54, 1.807) is 4.90 Å². The fourth-order valence-electron chi connectivity index (χ4n) is 2.72. The van der Waals surface area contributed by atoms with Gasteiger partial charge in [-0.3, -0.25) is 9.59 Å².